The van der Waals surface area contributed by atoms with Crippen LogP contribution in [0.15, 0.2) is 48.6 Å². The van der Waals surface area contributed by atoms with Crippen molar-refractivity contribution < 1.29 is 28.6 Å². The molecule has 0 radical (unpaired) electrons. The highest BCUT2D eigenvalue weighted by Crippen LogP contribution is 2.19. The zero-order chi connectivity index (χ0) is 59.9. The Labute approximate surface area is 518 Å². The van der Waals surface area contributed by atoms with Crippen LogP contribution in [0, 0.1) is 0 Å². The number of hydrogen-bond donors (Lipinski definition) is 0. The molecule has 0 aliphatic carbocycles. The van der Waals surface area contributed by atoms with Crippen molar-refractivity contribution in [2.75, 3.05) is 13.2 Å². The monoisotopic (exact) mass is 1160 g/mol. The predicted octanol–water partition coefficient (Wildman–Crippen LogP) is 25.7. The van der Waals surface area contributed by atoms with Crippen LogP contribution >= 0.6 is 0 Å². The summed E-state index contributed by atoms with van der Waals surface area (Å²) in [7, 11) is 0. The molecule has 0 aliphatic rings. The third-order valence-electron chi connectivity index (χ3n) is 16.8. The quantitative estimate of drug-likeness (QED) is 0.0261. The fourth-order valence-corrected chi connectivity index (χ4v) is 11.2. The largest absolute Gasteiger partial charge is 0.462 e. The van der Waals surface area contributed by atoms with Gasteiger partial charge in [-0.15, -0.1) is 0 Å². The van der Waals surface area contributed by atoms with Crippen LogP contribution in [0.4, 0.5) is 0 Å². The Morgan fingerprint density at radius 3 is 0.687 bits per heavy atom. The zero-order valence-corrected chi connectivity index (χ0v) is 56.0. The molecule has 0 rings (SSSR count). The lowest BCUT2D eigenvalue weighted by Crippen LogP contribution is -2.30. The number of unbranched alkanes of at least 4 members (excludes halogenated alkanes) is 50. The summed E-state index contributed by atoms with van der Waals surface area (Å²) in [6.45, 7) is 6.70. The van der Waals surface area contributed by atoms with Gasteiger partial charge in [-0.2, -0.15) is 0 Å². The van der Waals surface area contributed by atoms with E-state index in [1.807, 2.05) is 0 Å². The summed E-state index contributed by atoms with van der Waals surface area (Å²) in [5.74, 6) is -0.849. The minimum absolute atomic E-state index is 0.0720. The van der Waals surface area contributed by atoms with Crippen LogP contribution in [0.3, 0.4) is 0 Å². The minimum atomic E-state index is -0.777. The van der Waals surface area contributed by atoms with E-state index in [0.29, 0.717) is 19.3 Å². The molecule has 0 spiro atoms. The summed E-state index contributed by atoms with van der Waals surface area (Å²) < 4.78 is 17.0. The van der Waals surface area contributed by atoms with Crippen molar-refractivity contribution in [3.63, 3.8) is 0 Å². The lowest BCUT2D eigenvalue weighted by Gasteiger charge is -2.18. The van der Waals surface area contributed by atoms with Gasteiger partial charge in [-0.3, -0.25) is 14.4 Å². The number of hydrogen-bond acceptors (Lipinski definition) is 6. The van der Waals surface area contributed by atoms with Gasteiger partial charge in [-0.1, -0.05) is 352 Å². The summed E-state index contributed by atoms with van der Waals surface area (Å²) >= 11 is 0. The normalized spacial score (nSPS) is 12.3. The first-order valence-corrected chi connectivity index (χ1v) is 37.1. The second kappa shape index (κ2) is 71.8. The molecule has 0 aromatic heterocycles. The molecule has 1 atom stereocenters. The summed E-state index contributed by atoms with van der Waals surface area (Å²) in [6.07, 6.45) is 91.4. The van der Waals surface area contributed by atoms with Gasteiger partial charge in [0.1, 0.15) is 13.2 Å². The maximum atomic E-state index is 13.0. The Balaban J connectivity index is 4.32. The van der Waals surface area contributed by atoms with Crippen molar-refractivity contribution in [3.05, 3.63) is 48.6 Å². The van der Waals surface area contributed by atoms with Crippen LogP contribution in [0.25, 0.3) is 0 Å². The Hall–Kier alpha value is -2.63. The fourth-order valence-electron chi connectivity index (χ4n) is 11.2. The van der Waals surface area contributed by atoms with Gasteiger partial charge in [0.2, 0.25) is 0 Å². The van der Waals surface area contributed by atoms with Crippen molar-refractivity contribution in [1.82, 2.24) is 0 Å². The smallest absolute Gasteiger partial charge is 0.306 e. The first-order chi connectivity index (χ1) is 41.0. The van der Waals surface area contributed by atoms with Gasteiger partial charge >= 0.3 is 17.9 Å². The van der Waals surface area contributed by atoms with E-state index in [9.17, 15) is 14.4 Å². The van der Waals surface area contributed by atoms with Crippen molar-refractivity contribution in [2.45, 2.75) is 412 Å². The molecule has 0 saturated carbocycles. The maximum absolute atomic E-state index is 13.0. The molecule has 0 aromatic rings. The third kappa shape index (κ3) is 70.0. The van der Waals surface area contributed by atoms with E-state index in [4.69, 9.17) is 14.2 Å². The summed E-state index contributed by atoms with van der Waals surface area (Å²) in [6, 6.07) is 0. The molecule has 0 bridgehead atoms. The molecule has 0 N–H and O–H groups in total. The van der Waals surface area contributed by atoms with Crippen LogP contribution in [0.2, 0.25) is 0 Å². The highest BCUT2D eigenvalue weighted by atomic mass is 16.6. The molecule has 83 heavy (non-hydrogen) atoms. The second-order valence-electron chi connectivity index (χ2n) is 25.2. The Morgan fingerprint density at radius 2 is 0.434 bits per heavy atom. The summed E-state index contributed by atoms with van der Waals surface area (Å²) in [5, 5.41) is 0. The van der Waals surface area contributed by atoms with Gasteiger partial charge in [0, 0.05) is 19.3 Å². The highest BCUT2D eigenvalue weighted by Gasteiger charge is 2.19. The van der Waals surface area contributed by atoms with Crippen molar-refractivity contribution >= 4 is 17.9 Å². The van der Waals surface area contributed by atoms with Crippen LogP contribution in [-0.4, -0.2) is 37.2 Å². The number of ether oxygens (including phenoxy) is 3. The van der Waals surface area contributed by atoms with Gasteiger partial charge in [-0.05, 0) is 83.5 Å². The second-order valence-corrected chi connectivity index (χ2v) is 25.2. The van der Waals surface area contributed by atoms with E-state index >= 15 is 0 Å². The number of rotatable bonds is 69. The average Bonchev–Trinajstić information content (AvgIpc) is 3.50. The predicted molar refractivity (Wildman–Crippen MR) is 362 cm³/mol. The van der Waals surface area contributed by atoms with Crippen molar-refractivity contribution in [1.29, 1.82) is 0 Å². The molecular formula is C77H142O6. The standard InChI is InChI=1S/C77H142O6/c1-4-7-10-13-16-19-22-25-28-31-34-36-38-39-40-42-43-46-49-52-55-58-61-64-67-70-76(79)82-73-74(72-81-75(78)69-66-63-60-57-54-51-48-45-33-30-27-24-21-18-15-12-9-6-3)83-77(80)71-68-65-62-59-56-53-50-47-44-41-37-35-32-29-26-23-20-17-14-11-8-5-2/h22,25,30-31,33-34,38-39,74H,4-21,23-24,26-29,32,35-37,40-73H2,1-3H3/b25-22-,33-30-,34-31-,39-38-. The molecular weight excluding hydrogens is 1020 g/mol. The van der Waals surface area contributed by atoms with E-state index in [1.54, 1.807) is 0 Å². The SMILES string of the molecule is CCCCCCC/C=C\C/C=C\C/C=C\CCCCCCCCCCCCC(=O)OCC(COC(=O)CCCCCCCCC/C=C\CCCCCCCCC)OC(=O)CCCCCCCCCCCCCCCCCCCCCCCC. The number of esters is 3. The van der Waals surface area contributed by atoms with Gasteiger partial charge in [-0.25, -0.2) is 0 Å². The highest BCUT2D eigenvalue weighted by molar-refractivity contribution is 5.71. The van der Waals surface area contributed by atoms with Crippen molar-refractivity contribution in [3.8, 4) is 0 Å². The Bertz CT molecular complexity index is 1430. The average molecular weight is 1160 g/mol. The molecule has 0 fully saturated rings. The van der Waals surface area contributed by atoms with Crippen molar-refractivity contribution in [2.24, 2.45) is 0 Å². The fraction of sp³-hybridized carbons (Fsp3) is 0.857. The van der Waals surface area contributed by atoms with Gasteiger partial charge in [0.05, 0.1) is 0 Å². The molecule has 6 nitrogen and oxygen atoms in total. The van der Waals surface area contributed by atoms with E-state index < -0.39 is 6.10 Å². The molecule has 486 valence electrons. The van der Waals surface area contributed by atoms with Gasteiger partial charge in [0.25, 0.3) is 0 Å². The van der Waals surface area contributed by atoms with Gasteiger partial charge in [0.15, 0.2) is 6.10 Å². The molecule has 0 aromatic carbocycles. The molecule has 1 unspecified atom stereocenters. The zero-order valence-electron chi connectivity index (χ0n) is 56.0. The van der Waals surface area contributed by atoms with E-state index in [0.717, 1.165) is 70.6 Å². The molecule has 6 heteroatoms. The lowest BCUT2D eigenvalue weighted by molar-refractivity contribution is -0.167. The van der Waals surface area contributed by atoms with E-state index in [1.165, 1.54) is 295 Å². The molecule has 0 amide bonds. The summed E-state index contributed by atoms with van der Waals surface area (Å²) in [4.78, 5) is 38.5. The Morgan fingerprint density at radius 1 is 0.241 bits per heavy atom. The Kier molecular flexibility index (Phi) is 69.6. The first-order valence-electron chi connectivity index (χ1n) is 37.1. The maximum Gasteiger partial charge on any atom is 0.306 e. The van der Waals surface area contributed by atoms with Crippen LogP contribution in [0.5, 0.6) is 0 Å². The molecule has 0 aliphatic heterocycles. The number of carbonyl (C=O) groups is 3. The number of carbonyl (C=O) groups excluding carboxylic acids is 3. The molecule has 0 heterocycles. The first kappa shape index (κ1) is 80.4. The van der Waals surface area contributed by atoms with E-state index in [2.05, 4.69) is 69.4 Å². The van der Waals surface area contributed by atoms with Crippen LogP contribution in [0.1, 0.15) is 406 Å². The molecule has 0 saturated heterocycles. The summed E-state index contributed by atoms with van der Waals surface area (Å²) in [5.41, 5.74) is 0. The van der Waals surface area contributed by atoms with Crippen LogP contribution in [-0.2, 0) is 28.6 Å². The third-order valence-corrected chi connectivity index (χ3v) is 16.8. The van der Waals surface area contributed by atoms with Crippen LogP contribution < -0.4 is 0 Å². The lowest BCUT2D eigenvalue weighted by atomic mass is 10.0. The number of allylic oxidation sites excluding steroid dienone is 8. The topological polar surface area (TPSA) is 78.9 Å². The van der Waals surface area contributed by atoms with Gasteiger partial charge < -0.3 is 14.2 Å². The van der Waals surface area contributed by atoms with E-state index in [-0.39, 0.29) is 31.1 Å². The minimum Gasteiger partial charge on any atom is -0.462 e.